The van der Waals surface area contributed by atoms with Crippen molar-refractivity contribution >= 4 is 31.2 Å². The molecule has 0 bridgehead atoms. The van der Waals surface area contributed by atoms with E-state index >= 15 is 0 Å². The zero-order chi connectivity index (χ0) is 25.8. The smallest absolute Gasteiger partial charge is 0.196 e. The van der Waals surface area contributed by atoms with Gasteiger partial charge in [0.1, 0.15) is 17.3 Å². The minimum atomic E-state index is -4.61. The van der Waals surface area contributed by atoms with E-state index in [9.17, 15) is 26.4 Å². The normalized spacial score (nSPS) is 12.9. The quantitative estimate of drug-likeness (QED) is 0.378. The lowest BCUT2D eigenvalue weighted by atomic mass is 9.82. The number of ether oxygens (including phenoxy) is 1. The molecule has 0 saturated carbocycles. The van der Waals surface area contributed by atoms with Gasteiger partial charge in [0.15, 0.2) is 24.3 Å². The van der Waals surface area contributed by atoms with Gasteiger partial charge in [0.05, 0.1) is 22.8 Å². The van der Waals surface area contributed by atoms with Gasteiger partial charge >= 0.3 is 0 Å². The van der Waals surface area contributed by atoms with Crippen LogP contribution in [0.15, 0.2) is 94.7 Å². The Kier molecular flexibility index (Phi) is 7.92. The molecule has 0 radical (unpaired) electrons. The Balaban J connectivity index is 2.41. The third kappa shape index (κ3) is 5.36. The van der Waals surface area contributed by atoms with Crippen LogP contribution >= 0.6 is 0 Å². The van der Waals surface area contributed by atoms with Crippen molar-refractivity contribution < 1.29 is 31.2 Å². The molecular weight excluding hydrogens is 488 g/mol. The molecule has 1 unspecified atom stereocenters. The minimum absolute atomic E-state index is 0.213. The van der Waals surface area contributed by atoms with Crippen molar-refractivity contribution in [2.45, 2.75) is 34.1 Å². The second-order valence-electron chi connectivity index (χ2n) is 8.08. The number of Topliss-reactive ketones (excluding diaryl/α,β-unsaturated/α-hetero) is 2. The molecule has 9 heteroatoms. The number of rotatable bonds is 10. The van der Waals surface area contributed by atoms with Crippen LogP contribution in [0.4, 0.5) is 0 Å². The Hall–Kier alpha value is -3.30. The zero-order valence-corrected chi connectivity index (χ0v) is 21.1. The molecule has 0 spiro atoms. The van der Waals surface area contributed by atoms with Crippen molar-refractivity contribution in [3.05, 3.63) is 90.5 Å². The summed E-state index contributed by atoms with van der Waals surface area (Å²) < 4.78 is 59.1. The molecule has 0 saturated heterocycles. The summed E-state index contributed by atoms with van der Waals surface area (Å²) in [5.41, 5.74) is 0.213. The van der Waals surface area contributed by atoms with E-state index in [1.54, 1.807) is 12.1 Å². The van der Waals surface area contributed by atoms with Gasteiger partial charge in [-0.1, -0.05) is 48.5 Å². The molecule has 7 nitrogen and oxygen atoms in total. The Morgan fingerprint density at radius 2 is 1.06 bits per heavy atom. The first-order chi connectivity index (χ1) is 16.5. The topological polar surface area (TPSA) is 112 Å². The van der Waals surface area contributed by atoms with Crippen LogP contribution in [0.5, 0.6) is 5.75 Å². The fraction of sp³-hybridized carbons (Fsp3) is 0.231. The summed E-state index contributed by atoms with van der Waals surface area (Å²) >= 11 is 0. The highest BCUT2D eigenvalue weighted by molar-refractivity contribution is 8.09. The molecule has 3 aromatic rings. The standard InChI is InChI=1S/C26H26O7S2/c1-18(27)24(19(2)28)25(20-14-16-21(33-3)17-15-20)26(34(29,30)22-10-6-4-7-11-22)35(31,32)23-12-8-5-9-13-23/h4-17,24-26H,1-3H3. The maximum absolute atomic E-state index is 14.0. The molecule has 3 rings (SSSR count). The fourth-order valence-corrected chi connectivity index (χ4v) is 9.18. The van der Waals surface area contributed by atoms with Gasteiger partial charge in [-0.3, -0.25) is 9.59 Å². The Morgan fingerprint density at radius 3 is 1.40 bits per heavy atom. The summed E-state index contributed by atoms with van der Waals surface area (Å²) in [4.78, 5) is 25.0. The van der Waals surface area contributed by atoms with Gasteiger partial charge < -0.3 is 4.74 Å². The fourth-order valence-electron chi connectivity index (χ4n) is 4.17. The molecule has 0 amide bonds. The van der Waals surface area contributed by atoms with Crippen LogP contribution in [0.2, 0.25) is 0 Å². The van der Waals surface area contributed by atoms with E-state index in [0.717, 1.165) is 13.8 Å². The third-order valence-corrected chi connectivity index (χ3v) is 11.0. The van der Waals surface area contributed by atoms with Gasteiger partial charge in [0.2, 0.25) is 0 Å². The van der Waals surface area contributed by atoms with Crippen molar-refractivity contribution in [2.75, 3.05) is 7.11 Å². The molecule has 3 aromatic carbocycles. The summed E-state index contributed by atoms with van der Waals surface area (Å²) in [6.07, 6.45) is 0. The van der Waals surface area contributed by atoms with Crippen molar-refractivity contribution in [3.63, 3.8) is 0 Å². The lowest BCUT2D eigenvalue weighted by Gasteiger charge is -2.31. The van der Waals surface area contributed by atoms with Gasteiger partial charge in [0.25, 0.3) is 0 Å². The molecule has 1 atom stereocenters. The monoisotopic (exact) mass is 514 g/mol. The summed E-state index contributed by atoms with van der Waals surface area (Å²) in [7, 11) is -7.76. The van der Waals surface area contributed by atoms with Gasteiger partial charge in [-0.05, 0) is 55.8 Å². The predicted molar refractivity (Wildman–Crippen MR) is 132 cm³/mol. The zero-order valence-electron chi connectivity index (χ0n) is 19.5. The summed E-state index contributed by atoms with van der Waals surface area (Å²) in [5.74, 6) is -3.83. The maximum atomic E-state index is 14.0. The number of carbonyl (C=O) groups excluding carboxylic acids is 2. The van der Waals surface area contributed by atoms with E-state index in [1.807, 2.05) is 0 Å². The summed E-state index contributed by atoms with van der Waals surface area (Å²) in [6.45, 7) is 2.31. The number of carbonyl (C=O) groups is 2. The first kappa shape index (κ1) is 26.3. The first-order valence-corrected chi connectivity index (χ1v) is 13.8. The van der Waals surface area contributed by atoms with Crippen LogP contribution in [-0.4, -0.2) is 40.1 Å². The van der Waals surface area contributed by atoms with Gasteiger partial charge in [-0.2, -0.15) is 0 Å². The predicted octanol–water partition coefficient (Wildman–Crippen LogP) is 3.85. The molecule has 0 aliphatic rings. The minimum Gasteiger partial charge on any atom is -0.497 e. The number of hydrogen-bond acceptors (Lipinski definition) is 7. The van der Waals surface area contributed by atoms with Gasteiger partial charge in [0, 0.05) is 5.92 Å². The largest absolute Gasteiger partial charge is 0.497 e. The number of benzene rings is 3. The Labute approximate surface area is 205 Å². The van der Waals surface area contributed by atoms with Crippen LogP contribution in [0.3, 0.4) is 0 Å². The lowest BCUT2D eigenvalue weighted by molar-refractivity contribution is -0.131. The SMILES string of the molecule is COc1ccc(C(C(C(C)=O)C(C)=O)C(S(=O)(=O)c2ccccc2)S(=O)(=O)c2ccccc2)cc1. The average molecular weight is 515 g/mol. The maximum Gasteiger partial charge on any atom is 0.196 e. The van der Waals surface area contributed by atoms with Gasteiger partial charge in [-0.15, -0.1) is 0 Å². The van der Waals surface area contributed by atoms with Crippen molar-refractivity contribution in [2.24, 2.45) is 5.92 Å². The third-order valence-electron chi connectivity index (χ3n) is 5.78. The molecule has 0 aromatic heterocycles. The number of methoxy groups -OCH3 is 1. The molecule has 0 aliphatic heterocycles. The van der Waals surface area contributed by atoms with Crippen LogP contribution in [0.25, 0.3) is 0 Å². The molecule has 0 N–H and O–H groups in total. The van der Waals surface area contributed by atoms with Crippen LogP contribution in [-0.2, 0) is 29.3 Å². The summed E-state index contributed by atoms with van der Waals surface area (Å²) in [6, 6.07) is 20.3. The van der Waals surface area contributed by atoms with Crippen LogP contribution < -0.4 is 4.74 Å². The number of ketones is 2. The molecule has 184 valence electrons. The van der Waals surface area contributed by atoms with E-state index in [-0.39, 0.29) is 15.4 Å². The lowest BCUT2D eigenvalue weighted by Crippen LogP contribution is -2.43. The molecule has 0 aliphatic carbocycles. The first-order valence-electron chi connectivity index (χ1n) is 10.7. The van der Waals surface area contributed by atoms with Crippen molar-refractivity contribution in [3.8, 4) is 5.75 Å². The van der Waals surface area contributed by atoms with E-state index in [2.05, 4.69) is 0 Å². The van der Waals surface area contributed by atoms with Crippen LogP contribution in [0, 0.1) is 5.92 Å². The van der Waals surface area contributed by atoms with E-state index in [4.69, 9.17) is 4.74 Å². The van der Waals surface area contributed by atoms with Crippen molar-refractivity contribution in [1.29, 1.82) is 0 Å². The Morgan fingerprint density at radius 1 is 0.657 bits per heavy atom. The van der Waals surface area contributed by atoms with Gasteiger partial charge in [-0.25, -0.2) is 16.8 Å². The second kappa shape index (κ2) is 10.5. The van der Waals surface area contributed by atoms with E-state index in [1.165, 1.54) is 79.9 Å². The molecule has 0 fully saturated rings. The highest BCUT2D eigenvalue weighted by Crippen LogP contribution is 2.41. The van der Waals surface area contributed by atoms with Crippen LogP contribution in [0.1, 0.15) is 25.3 Å². The second-order valence-corrected chi connectivity index (χ2v) is 12.5. The number of hydrogen-bond donors (Lipinski definition) is 0. The Bertz CT molecular complexity index is 1310. The van der Waals surface area contributed by atoms with E-state index < -0.39 is 47.7 Å². The summed E-state index contributed by atoms with van der Waals surface area (Å²) in [5, 5.41) is 0. The molecule has 0 heterocycles. The van der Waals surface area contributed by atoms with E-state index in [0.29, 0.717) is 5.75 Å². The highest BCUT2D eigenvalue weighted by Gasteiger charge is 2.51. The molecular formula is C26H26O7S2. The molecule has 35 heavy (non-hydrogen) atoms. The van der Waals surface area contributed by atoms with Crippen molar-refractivity contribution in [1.82, 2.24) is 0 Å². The number of sulfone groups is 2. The highest BCUT2D eigenvalue weighted by atomic mass is 32.3. The average Bonchev–Trinajstić information content (AvgIpc) is 2.84.